The molecule has 14 heavy (non-hydrogen) atoms. The number of hydrogen-bond acceptors (Lipinski definition) is 2. The van der Waals surface area contributed by atoms with Crippen molar-refractivity contribution in [3.63, 3.8) is 0 Å². The molecule has 1 aliphatic heterocycles. The van der Waals surface area contributed by atoms with Crippen LogP contribution in [0, 0.1) is 0 Å². The molecule has 0 spiro atoms. The molecule has 0 aromatic heterocycles. The number of aryl methyl sites for hydroxylation is 1. The van der Waals surface area contributed by atoms with Crippen LogP contribution < -0.4 is 5.32 Å². The summed E-state index contributed by atoms with van der Waals surface area (Å²) in [5.41, 5.74) is 2.37. The van der Waals surface area contributed by atoms with Gasteiger partial charge in [-0.2, -0.15) is 11.8 Å². The zero-order chi connectivity index (χ0) is 9.97. The Bertz CT molecular complexity index is 323. The Balaban J connectivity index is 2.07. The number of benzene rings is 1. The largest absolute Gasteiger partial charge is 0.381 e. The Kier molecular flexibility index (Phi) is 3.24. The summed E-state index contributed by atoms with van der Waals surface area (Å²) >= 11 is 8.11. The van der Waals surface area contributed by atoms with Gasteiger partial charge in [0.2, 0.25) is 0 Å². The van der Waals surface area contributed by atoms with E-state index in [2.05, 4.69) is 24.4 Å². The molecule has 1 nitrogen and oxygen atoms in total. The zero-order valence-corrected chi connectivity index (χ0v) is 9.79. The van der Waals surface area contributed by atoms with Crippen LogP contribution in [-0.4, -0.2) is 17.5 Å². The Morgan fingerprint density at radius 3 is 2.79 bits per heavy atom. The van der Waals surface area contributed by atoms with Crippen molar-refractivity contribution >= 4 is 29.1 Å². The quantitative estimate of drug-likeness (QED) is 0.849. The number of nitrogens with one attached hydrogen (secondary N) is 1. The summed E-state index contributed by atoms with van der Waals surface area (Å²) in [4.78, 5) is 0. The lowest BCUT2D eigenvalue weighted by Gasteiger charge is -2.27. The third-order valence-electron chi connectivity index (χ3n) is 2.44. The summed E-state index contributed by atoms with van der Waals surface area (Å²) in [7, 11) is 0. The molecule has 0 amide bonds. The van der Waals surface area contributed by atoms with Crippen molar-refractivity contribution in [2.24, 2.45) is 0 Å². The third-order valence-corrected chi connectivity index (χ3v) is 4.07. The Morgan fingerprint density at radius 1 is 1.50 bits per heavy atom. The van der Waals surface area contributed by atoms with Crippen LogP contribution in [0.4, 0.5) is 5.69 Å². The van der Waals surface area contributed by atoms with Gasteiger partial charge in [-0.1, -0.05) is 24.6 Å². The standard InChI is InChI=1S/C11H14ClNS/c1-2-8-3-4-9(5-11(8)12)13-10-6-14-7-10/h3-5,10,13H,2,6-7H2,1H3. The molecule has 0 atom stereocenters. The maximum absolute atomic E-state index is 6.13. The van der Waals surface area contributed by atoms with E-state index in [-0.39, 0.29) is 0 Å². The lowest BCUT2D eigenvalue weighted by molar-refractivity contribution is 0.882. The van der Waals surface area contributed by atoms with Gasteiger partial charge in [-0.3, -0.25) is 0 Å². The first-order chi connectivity index (χ1) is 6.79. The fourth-order valence-electron chi connectivity index (χ4n) is 1.48. The van der Waals surface area contributed by atoms with Crippen LogP contribution in [0.25, 0.3) is 0 Å². The van der Waals surface area contributed by atoms with E-state index in [4.69, 9.17) is 11.6 Å². The maximum Gasteiger partial charge on any atom is 0.0458 e. The number of anilines is 1. The molecule has 0 unspecified atom stereocenters. The molecule has 1 saturated heterocycles. The number of thioether (sulfide) groups is 1. The van der Waals surface area contributed by atoms with Crippen molar-refractivity contribution in [1.29, 1.82) is 0 Å². The Hall–Kier alpha value is -0.340. The Morgan fingerprint density at radius 2 is 2.29 bits per heavy atom. The normalized spacial score (nSPS) is 16.4. The van der Waals surface area contributed by atoms with Gasteiger partial charge in [-0.15, -0.1) is 0 Å². The molecular weight excluding hydrogens is 214 g/mol. The van der Waals surface area contributed by atoms with Crippen LogP contribution >= 0.6 is 23.4 Å². The third kappa shape index (κ3) is 2.18. The molecule has 76 valence electrons. The van der Waals surface area contributed by atoms with E-state index in [9.17, 15) is 0 Å². The molecule has 1 aliphatic rings. The van der Waals surface area contributed by atoms with E-state index >= 15 is 0 Å². The lowest BCUT2D eigenvalue weighted by Crippen LogP contribution is -2.33. The van der Waals surface area contributed by atoms with Crippen LogP contribution in [0.3, 0.4) is 0 Å². The highest BCUT2D eigenvalue weighted by Crippen LogP contribution is 2.25. The van der Waals surface area contributed by atoms with E-state index in [0.29, 0.717) is 6.04 Å². The molecule has 1 fully saturated rings. The molecule has 1 N–H and O–H groups in total. The SMILES string of the molecule is CCc1ccc(NC2CSC2)cc1Cl. The van der Waals surface area contributed by atoms with Gasteiger partial charge in [-0.25, -0.2) is 0 Å². The van der Waals surface area contributed by atoms with Crippen LogP contribution in [0.2, 0.25) is 5.02 Å². The van der Waals surface area contributed by atoms with E-state index in [1.165, 1.54) is 17.1 Å². The van der Waals surface area contributed by atoms with E-state index in [1.54, 1.807) is 0 Å². The van der Waals surface area contributed by atoms with Crippen LogP contribution in [0.1, 0.15) is 12.5 Å². The minimum atomic E-state index is 0.642. The molecular formula is C11H14ClNS. The van der Waals surface area contributed by atoms with Crippen LogP contribution in [0.5, 0.6) is 0 Å². The average molecular weight is 228 g/mol. The first kappa shape index (κ1) is 10.2. The molecule has 0 radical (unpaired) electrons. The number of rotatable bonds is 3. The number of hydrogen-bond donors (Lipinski definition) is 1. The zero-order valence-electron chi connectivity index (χ0n) is 8.22. The average Bonchev–Trinajstić information content (AvgIpc) is 2.12. The summed E-state index contributed by atoms with van der Waals surface area (Å²) in [5, 5.41) is 4.34. The second-order valence-corrected chi connectivity index (χ2v) is 5.02. The second-order valence-electron chi connectivity index (χ2n) is 3.54. The van der Waals surface area contributed by atoms with Gasteiger partial charge in [0.25, 0.3) is 0 Å². The molecule has 3 heteroatoms. The summed E-state index contributed by atoms with van der Waals surface area (Å²) in [6, 6.07) is 6.90. The monoisotopic (exact) mass is 227 g/mol. The highest BCUT2D eigenvalue weighted by molar-refractivity contribution is 8.00. The maximum atomic E-state index is 6.13. The van der Waals surface area contributed by atoms with Crippen molar-refractivity contribution in [2.75, 3.05) is 16.8 Å². The van der Waals surface area contributed by atoms with Crippen molar-refractivity contribution in [2.45, 2.75) is 19.4 Å². The molecule has 2 rings (SSSR count). The minimum absolute atomic E-state index is 0.642. The summed E-state index contributed by atoms with van der Waals surface area (Å²) < 4.78 is 0. The molecule has 0 aliphatic carbocycles. The molecule has 1 aromatic carbocycles. The molecule has 1 heterocycles. The summed E-state index contributed by atoms with van der Waals surface area (Å²) in [6.45, 7) is 2.12. The van der Waals surface area contributed by atoms with Gasteiger partial charge < -0.3 is 5.32 Å². The minimum Gasteiger partial charge on any atom is -0.381 e. The first-order valence-electron chi connectivity index (χ1n) is 4.92. The predicted molar refractivity (Wildman–Crippen MR) is 65.6 cm³/mol. The van der Waals surface area contributed by atoms with Crippen molar-refractivity contribution < 1.29 is 0 Å². The fourth-order valence-corrected chi connectivity index (χ4v) is 2.43. The summed E-state index contributed by atoms with van der Waals surface area (Å²) in [6.07, 6.45) is 0.998. The fraction of sp³-hybridized carbons (Fsp3) is 0.455. The van der Waals surface area contributed by atoms with Crippen molar-refractivity contribution in [1.82, 2.24) is 0 Å². The van der Waals surface area contributed by atoms with Gasteiger partial charge in [0.1, 0.15) is 0 Å². The van der Waals surface area contributed by atoms with E-state index in [1.807, 2.05) is 17.8 Å². The highest BCUT2D eigenvalue weighted by atomic mass is 35.5. The van der Waals surface area contributed by atoms with Gasteiger partial charge >= 0.3 is 0 Å². The topological polar surface area (TPSA) is 12.0 Å². The predicted octanol–water partition coefficient (Wildman–Crippen LogP) is 3.43. The van der Waals surface area contributed by atoms with Gasteiger partial charge in [0, 0.05) is 28.3 Å². The van der Waals surface area contributed by atoms with Crippen LogP contribution in [-0.2, 0) is 6.42 Å². The first-order valence-corrected chi connectivity index (χ1v) is 6.45. The van der Waals surface area contributed by atoms with E-state index < -0.39 is 0 Å². The van der Waals surface area contributed by atoms with Gasteiger partial charge in [-0.05, 0) is 24.1 Å². The second kappa shape index (κ2) is 4.45. The van der Waals surface area contributed by atoms with Gasteiger partial charge in [0.05, 0.1) is 0 Å². The number of halogens is 1. The van der Waals surface area contributed by atoms with E-state index in [0.717, 1.165) is 17.1 Å². The van der Waals surface area contributed by atoms with Crippen molar-refractivity contribution in [3.8, 4) is 0 Å². The summed E-state index contributed by atoms with van der Waals surface area (Å²) in [5.74, 6) is 2.43. The highest BCUT2D eigenvalue weighted by Gasteiger charge is 2.17. The molecule has 0 bridgehead atoms. The smallest absolute Gasteiger partial charge is 0.0458 e. The molecule has 0 saturated carbocycles. The van der Waals surface area contributed by atoms with Crippen LogP contribution in [0.15, 0.2) is 18.2 Å². The van der Waals surface area contributed by atoms with Gasteiger partial charge in [0.15, 0.2) is 0 Å². The molecule has 1 aromatic rings. The lowest BCUT2D eigenvalue weighted by atomic mass is 10.1. The Labute approximate surface area is 94.2 Å². The van der Waals surface area contributed by atoms with Crippen molar-refractivity contribution in [3.05, 3.63) is 28.8 Å².